The summed E-state index contributed by atoms with van der Waals surface area (Å²) in [7, 11) is 0. The number of fused-ring (bicyclic) bond motifs is 1. The molecule has 7 nitrogen and oxygen atoms in total. The van der Waals surface area contributed by atoms with Gasteiger partial charge in [0.05, 0.1) is 22.6 Å². The molecular formula is C31H21NO6S2. The molecule has 2 aliphatic rings. The lowest BCUT2D eigenvalue weighted by molar-refractivity contribution is -0.122. The molecule has 1 unspecified atom stereocenters. The van der Waals surface area contributed by atoms with Crippen molar-refractivity contribution >= 4 is 46.1 Å². The van der Waals surface area contributed by atoms with Gasteiger partial charge in [0.25, 0.3) is 12.2 Å². The van der Waals surface area contributed by atoms with Crippen LogP contribution in [0.25, 0.3) is 11.3 Å². The van der Waals surface area contributed by atoms with Gasteiger partial charge in [0, 0.05) is 17.5 Å². The molecule has 1 saturated heterocycles. The third kappa shape index (κ3) is 5.21. The van der Waals surface area contributed by atoms with Gasteiger partial charge < -0.3 is 13.9 Å². The van der Waals surface area contributed by atoms with Crippen LogP contribution in [0.1, 0.15) is 43.9 Å². The largest absolute Gasteiger partial charge is 0.461 e. The third-order valence-electron chi connectivity index (χ3n) is 6.48. The first-order chi connectivity index (χ1) is 19.5. The van der Waals surface area contributed by atoms with Crippen molar-refractivity contribution in [1.29, 1.82) is 0 Å². The first kappa shape index (κ1) is 25.8. The lowest BCUT2D eigenvalue weighted by atomic mass is 10.1. The number of nitrogens with zero attached hydrogens (tertiary/aromatic N) is 1. The zero-order valence-corrected chi connectivity index (χ0v) is 22.6. The Bertz CT molecular complexity index is 1660. The van der Waals surface area contributed by atoms with Crippen molar-refractivity contribution in [3.05, 3.63) is 130 Å². The van der Waals surface area contributed by atoms with Crippen molar-refractivity contribution in [2.45, 2.75) is 19.3 Å². The summed E-state index contributed by atoms with van der Waals surface area (Å²) in [6.07, 6.45) is 1.20. The van der Waals surface area contributed by atoms with Gasteiger partial charge in [-0.2, -0.15) is 0 Å². The number of carbonyl (C=O) groups is 3. The number of allylic oxidation sites excluding steroid dienone is 1. The Morgan fingerprint density at radius 3 is 2.50 bits per heavy atom. The molecule has 2 aliphatic heterocycles. The number of rotatable bonds is 7. The highest BCUT2D eigenvalue weighted by molar-refractivity contribution is 8.26. The third-order valence-corrected chi connectivity index (χ3v) is 7.90. The van der Waals surface area contributed by atoms with Crippen LogP contribution in [0, 0.1) is 0 Å². The molecule has 3 heterocycles. The number of ether oxygens (including phenoxy) is 2. The van der Waals surface area contributed by atoms with Crippen LogP contribution in [-0.2, 0) is 27.2 Å². The summed E-state index contributed by atoms with van der Waals surface area (Å²) in [4.78, 5) is 39.7. The van der Waals surface area contributed by atoms with Crippen LogP contribution in [0.3, 0.4) is 0 Å². The van der Waals surface area contributed by atoms with Gasteiger partial charge in [0.15, 0.2) is 0 Å². The lowest BCUT2D eigenvalue weighted by Gasteiger charge is -2.14. The Hall–Kier alpha value is -4.47. The molecule has 0 radical (unpaired) electrons. The Kier molecular flexibility index (Phi) is 7.06. The van der Waals surface area contributed by atoms with Crippen LogP contribution >= 0.6 is 24.0 Å². The van der Waals surface area contributed by atoms with E-state index in [-0.39, 0.29) is 5.91 Å². The summed E-state index contributed by atoms with van der Waals surface area (Å²) in [6, 6.07) is 27.0. The number of furan rings is 1. The molecule has 0 spiro atoms. The van der Waals surface area contributed by atoms with Crippen molar-refractivity contribution < 1.29 is 28.3 Å². The number of hydrogen-bond donors (Lipinski definition) is 0. The summed E-state index contributed by atoms with van der Waals surface area (Å²) in [5, 5.41) is 0. The van der Waals surface area contributed by atoms with Crippen LogP contribution in [0.15, 0.2) is 106 Å². The van der Waals surface area contributed by atoms with Gasteiger partial charge >= 0.3 is 11.9 Å². The summed E-state index contributed by atoms with van der Waals surface area (Å²) in [6.45, 7) is 0.441. The van der Waals surface area contributed by atoms with Gasteiger partial charge in [-0.15, -0.1) is 0 Å². The second-order valence-corrected chi connectivity index (χ2v) is 10.8. The Labute approximate surface area is 239 Å². The van der Waals surface area contributed by atoms with E-state index in [2.05, 4.69) is 0 Å². The first-order valence-corrected chi connectivity index (χ1v) is 13.7. The highest BCUT2D eigenvalue weighted by atomic mass is 32.2. The summed E-state index contributed by atoms with van der Waals surface area (Å²) < 4.78 is 17.1. The molecule has 1 amide bonds. The second-order valence-electron chi connectivity index (χ2n) is 9.09. The maximum absolute atomic E-state index is 12.9. The molecule has 1 atom stereocenters. The van der Waals surface area contributed by atoms with E-state index in [1.165, 1.54) is 11.8 Å². The molecule has 0 saturated carbocycles. The molecule has 3 aromatic carbocycles. The van der Waals surface area contributed by atoms with Crippen LogP contribution < -0.4 is 0 Å². The summed E-state index contributed by atoms with van der Waals surface area (Å²) in [5.41, 5.74) is 3.02. The van der Waals surface area contributed by atoms with Crippen LogP contribution in [0.5, 0.6) is 0 Å². The minimum absolute atomic E-state index is 0.107. The fraction of sp³-hybridized carbons (Fsp3) is 0.0968. The van der Waals surface area contributed by atoms with Crippen molar-refractivity contribution in [2.75, 3.05) is 0 Å². The van der Waals surface area contributed by atoms with E-state index in [0.29, 0.717) is 50.4 Å². The van der Waals surface area contributed by atoms with Crippen molar-refractivity contribution in [3.8, 4) is 11.3 Å². The number of hydrogen-bond acceptors (Lipinski definition) is 8. The number of thioether (sulfide) groups is 1. The Balaban J connectivity index is 1.08. The van der Waals surface area contributed by atoms with Crippen LogP contribution in [0.4, 0.5) is 0 Å². The maximum Gasteiger partial charge on any atom is 0.342 e. The van der Waals surface area contributed by atoms with Crippen molar-refractivity contribution in [3.63, 3.8) is 0 Å². The fourth-order valence-corrected chi connectivity index (χ4v) is 5.64. The van der Waals surface area contributed by atoms with Gasteiger partial charge in [0.1, 0.15) is 15.8 Å². The lowest BCUT2D eigenvalue weighted by Crippen LogP contribution is -2.27. The van der Waals surface area contributed by atoms with E-state index >= 15 is 0 Å². The van der Waals surface area contributed by atoms with Crippen molar-refractivity contribution in [2.24, 2.45) is 0 Å². The fourth-order valence-electron chi connectivity index (χ4n) is 4.41. The highest BCUT2D eigenvalue weighted by Gasteiger charge is 2.34. The van der Waals surface area contributed by atoms with E-state index in [1.807, 2.05) is 48.5 Å². The van der Waals surface area contributed by atoms with Crippen molar-refractivity contribution in [1.82, 2.24) is 4.90 Å². The summed E-state index contributed by atoms with van der Waals surface area (Å²) >= 11 is 6.72. The first-order valence-electron chi connectivity index (χ1n) is 12.4. The molecular weight excluding hydrogens is 546 g/mol. The van der Waals surface area contributed by atoms with Gasteiger partial charge in [-0.05, 0) is 35.9 Å². The number of amides is 1. The van der Waals surface area contributed by atoms with Gasteiger partial charge in [-0.25, -0.2) is 9.59 Å². The van der Waals surface area contributed by atoms with E-state index < -0.39 is 18.2 Å². The average Bonchev–Trinajstić information content (AvgIpc) is 3.65. The molecule has 9 heteroatoms. The van der Waals surface area contributed by atoms with Gasteiger partial charge in [-0.1, -0.05) is 90.7 Å². The normalized spacial score (nSPS) is 17.3. The van der Waals surface area contributed by atoms with Gasteiger partial charge in [0.2, 0.25) is 0 Å². The quantitative estimate of drug-likeness (QED) is 0.143. The molecule has 198 valence electrons. The topological polar surface area (TPSA) is 86.0 Å². The monoisotopic (exact) mass is 567 g/mol. The standard InChI is InChI=1S/C31H21NO6S2/c33-27-26(40-31(39)32(27)18-19-6-2-1-3-7-19)17-15-22-14-16-25(36-22)20-10-12-21(13-11-20)28(34)37-30-24-9-5-4-8-23(24)29(35)38-30/h1-14,16-17,30H,15,18H2/b26-17+. The minimum Gasteiger partial charge on any atom is -0.461 e. The number of esters is 2. The summed E-state index contributed by atoms with van der Waals surface area (Å²) in [5.74, 6) is 0.0815. The Morgan fingerprint density at radius 2 is 1.70 bits per heavy atom. The molecule has 0 N–H and O–H groups in total. The highest BCUT2D eigenvalue weighted by Crippen LogP contribution is 2.34. The maximum atomic E-state index is 12.9. The van der Waals surface area contributed by atoms with Crippen LogP contribution in [-0.4, -0.2) is 27.1 Å². The number of cyclic esters (lactones) is 1. The van der Waals surface area contributed by atoms with E-state index in [4.69, 9.17) is 26.1 Å². The number of carbonyl (C=O) groups excluding carboxylic acids is 3. The Morgan fingerprint density at radius 1 is 0.950 bits per heavy atom. The smallest absolute Gasteiger partial charge is 0.342 e. The van der Waals surface area contributed by atoms with E-state index in [1.54, 1.807) is 53.4 Å². The molecule has 0 bridgehead atoms. The molecule has 6 rings (SSSR count). The van der Waals surface area contributed by atoms with Crippen LogP contribution in [0.2, 0.25) is 0 Å². The second kappa shape index (κ2) is 11.0. The zero-order valence-electron chi connectivity index (χ0n) is 20.9. The number of thiocarbonyl (C=S) groups is 1. The van der Waals surface area contributed by atoms with Gasteiger partial charge in [-0.3, -0.25) is 9.69 Å². The SMILES string of the molecule is O=C(OC1OC(=O)c2ccccc21)c1ccc(-c2ccc(C/C=C3/SC(=S)N(Cc4ccccc4)C3=O)o2)cc1. The molecule has 4 aromatic rings. The predicted molar refractivity (Wildman–Crippen MR) is 153 cm³/mol. The minimum atomic E-state index is -1.07. The predicted octanol–water partition coefficient (Wildman–Crippen LogP) is 6.46. The molecule has 1 aromatic heterocycles. The zero-order chi connectivity index (χ0) is 27.6. The number of benzene rings is 3. The van der Waals surface area contributed by atoms with E-state index in [0.717, 1.165) is 11.1 Å². The van der Waals surface area contributed by atoms with E-state index in [9.17, 15) is 14.4 Å². The molecule has 40 heavy (non-hydrogen) atoms. The molecule has 1 fully saturated rings. The molecule has 0 aliphatic carbocycles. The average molecular weight is 568 g/mol.